The normalized spacial score (nSPS) is 11.6. The topological polar surface area (TPSA) is 83.8 Å². The van der Waals surface area contributed by atoms with E-state index in [4.69, 9.17) is 0 Å². The molecule has 0 spiro atoms. The van der Waals surface area contributed by atoms with E-state index in [1.807, 2.05) is 58.0 Å². The smallest absolute Gasteiger partial charge is 0.264 e. The summed E-state index contributed by atoms with van der Waals surface area (Å²) < 4.78 is 30.4. The second kappa shape index (κ2) is 11.1. The number of aryl methyl sites for hydroxylation is 4. The zero-order valence-electron chi connectivity index (χ0n) is 22.3. The number of hydrazone groups is 1. The highest BCUT2D eigenvalue weighted by Crippen LogP contribution is 2.28. The highest BCUT2D eigenvalue weighted by atomic mass is 32.2. The maximum atomic E-state index is 13.6. The SMILES string of the molecule is Cc1cccc(-n2c(C)cc(/C=N\NC(=O)CN(c3cc(C)ccc3C)S(=O)(=O)c3ccccc3)c2C)c1. The van der Waals surface area contributed by atoms with E-state index in [2.05, 4.69) is 34.2 Å². The quantitative estimate of drug-likeness (QED) is 0.247. The molecule has 7 nitrogen and oxygen atoms in total. The molecule has 0 saturated carbocycles. The lowest BCUT2D eigenvalue weighted by Gasteiger charge is -2.25. The highest BCUT2D eigenvalue weighted by molar-refractivity contribution is 7.92. The number of hydrogen-bond donors (Lipinski definition) is 1. The van der Waals surface area contributed by atoms with Gasteiger partial charge < -0.3 is 4.57 Å². The lowest BCUT2D eigenvalue weighted by molar-refractivity contribution is -0.119. The number of aromatic nitrogens is 1. The van der Waals surface area contributed by atoms with E-state index >= 15 is 0 Å². The third-order valence-corrected chi connectivity index (χ3v) is 8.15. The standard InChI is InChI=1S/C30H32N4O3S/c1-21-10-9-11-27(16-21)34-24(4)18-26(25(34)5)19-31-32-30(35)20-33(29-17-22(2)14-15-23(29)3)38(36,37)28-12-7-6-8-13-28/h6-19H,20H2,1-5H3,(H,32,35)/b31-19-. The van der Waals surface area contributed by atoms with Crippen LogP contribution in [0.25, 0.3) is 5.69 Å². The Hall–Kier alpha value is -4.17. The fourth-order valence-electron chi connectivity index (χ4n) is 4.43. The Kier molecular flexibility index (Phi) is 7.83. The molecule has 4 rings (SSSR count). The van der Waals surface area contributed by atoms with Crippen molar-refractivity contribution in [2.24, 2.45) is 5.10 Å². The summed E-state index contributed by atoms with van der Waals surface area (Å²) >= 11 is 0. The molecule has 1 N–H and O–H groups in total. The molecule has 1 heterocycles. The Morgan fingerprint density at radius 3 is 2.32 bits per heavy atom. The number of hydrogen-bond acceptors (Lipinski definition) is 4. The van der Waals surface area contributed by atoms with Gasteiger partial charge in [0.2, 0.25) is 0 Å². The summed E-state index contributed by atoms with van der Waals surface area (Å²) in [5, 5.41) is 4.15. The third-order valence-electron chi connectivity index (χ3n) is 6.37. The van der Waals surface area contributed by atoms with E-state index in [1.54, 1.807) is 30.5 Å². The van der Waals surface area contributed by atoms with Crippen molar-refractivity contribution in [2.45, 2.75) is 39.5 Å². The van der Waals surface area contributed by atoms with Crippen LogP contribution in [0, 0.1) is 34.6 Å². The molecule has 38 heavy (non-hydrogen) atoms. The summed E-state index contributed by atoms with van der Waals surface area (Å²) in [6.45, 7) is 9.35. The van der Waals surface area contributed by atoms with Gasteiger partial charge in [-0.25, -0.2) is 13.8 Å². The van der Waals surface area contributed by atoms with Crippen molar-refractivity contribution in [1.29, 1.82) is 0 Å². The Balaban J connectivity index is 1.58. The van der Waals surface area contributed by atoms with E-state index < -0.39 is 22.5 Å². The zero-order chi connectivity index (χ0) is 27.4. The Morgan fingerprint density at radius 1 is 0.895 bits per heavy atom. The van der Waals surface area contributed by atoms with Crippen LogP contribution in [0.5, 0.6) is 0 Å². The fraction of sp³-hybridized carbons (Fsp3) is 0.200. The van der Waals surface area contributed by atoms with Gasteiger partial charge in [-0.2, -0.15) is 5.10 Å². The van der Waals surface area contributed by atoms with Gasteiger partial charge in [-0.05, 0) is 87.7 Å². The first-order chi connectivity index (χ1) is 18.1. The molecule has 4 aromatic rings. The first-order valence-electron chi connectivity index (χ1n) is 12.3. The molecular formula is C30H32N4O3S. The van der Waals surface area contributed by atoms with E-state index in [0.717, 1.165) is 43.6 Å². The summed E-state index contributed by atoms with van der Waals surface area (Å²) in [7, 11) is -3.99. The van der Waals surface area contributed by atoms with Crippen LogP contribution in [0.1, 0.15) is 33.6 Å². The number of anilines is 1. The fourth-order valence-corrected chi connectivity index (χ4v) is 5.93. The van der Waals surface area contributed by atoms with Crippen LogP contribution in [0.4, 0.5) is 5.69 Å². The molecule has 0 radical (unpaired) electrons. The third kappa shape index (κ3) is 5.70. The monoisotopic (exact) mass is 528 g/mol. The maximum Gasteiger partial charge on any atom is 0.264 e. The zero-order valence-corrected chi connectivity index (χ0v) is 23.1. The van der Waals surface area contributed by atoms with Crippen LogP contribution >= 0.6 is 0 Å². The second-order valence-electron chi connectivity index (χ2n) is 9.41. The number of nitrogens with zero attached hydrogens (tertiary/aromatic N) is 3. The van der Waals surface area contributed by atoms with Crippen LogP contribution in [-0.4, -0.2) is 31.7 Å². The molecule has 0 aliphatic heterocycles. The van der Waals surface area contributed by atoms with Crippen LogP contribution in [0.3, 0.4) is 0 Å². The molecule has 0 fully saturated rings. The highest BCUT2D eigenvalue weighted by Gasteiger charge is 2.28. The molecule has 8 heteroatoms. The number of amides is 1. The minimum atomic E-state index is -3.99. The van der Waals surface area contributed by atoms with Crippen molar-refractivity contribution in [3.8, 4) is 5.69 Å². The molecule has 0 atom stereocenters. The van der Waals surface area contributed by atoms with Crippen LogP contribution in [-0.2, 0) is 14.8 Å². The number of carbonyl (C=O) groups is 1. The van der Waals surface area contributed by atoms with Gasteiger partial charge in [-0.1, -0.05) is 42.5 Å². The summed E-state index contributed by atoms with van der Waals surface area (Å²) in [6.07, 6.45) is 1.58. The van der Waals surface area contributed by atoms with Gasteiger partial charge in [-0.15, -0.1) is 0 Å². The number of benzene rings is 3. The molecule has 0 unspecified atom stereocenters. The van der Waals surface area contributed by atoms with E-state index in [1.165, 1.54) is 12.1 Å². The van der Waals surface area contributed by atoms with E-state index in [-0.39, 0.29) is 4.90 Å². The maximum absolute atomic E-state index is 13.6. The van der Waals surface area contributed by atoms with Crippen molar-refractivity contribution < 1.29 is 13.2 Å². The molecule has 196 valence electrons. The predicted octanol–water partition coefficient (Wildman–Crippen LogP) is 5.37. The Bertz CT molecular complexity index is 1610. The van der Waals surface area contributed by atoms with Crippen LogP contribution in [0.2, 0.25) is 0 Å². The van der Waals surface area contributed by atoms with Crippen molar-refractivity contribution >= 4 is 27.8 Å². The average molecular weight is 529 g/mol. The number of carbonyl (C=O) groups excluding carboxylic acids is 1. The first-order valence-corrected chi connectivity index (χ1v) is 13.7. The van der Waals surface area contributed by atoms with Crippen LogP contribution in [0.15, 0.2) is 88.9 Å². The minimum absolute atomic E-state index is 0.112. The van der Waals surface area contributed by atoms with Gasteiger partial charge in [-0.3, -0.25) is 9.10 Å². The van der Waals surface area contributed by atoms with Crippen LogP contribution < -0.4 is 9.73 Å². The van der Waals surface area contributed by atoms with E-state index in [0.29, 0.717) is 5.69 Å². The number of sulfonamides is 1. The van der Waals surface area contributed by atoms with Gasteiger partial charge in [0.05, 0.1) is 16.8 Å². The molecule has 0 aliphatic rings. The van der Waals surface area contributed by atoms with Gasteiger partial charge in [0.15, 0.2) is 0 Å². The summed E-state index contributed by atoms with van der Waals surface area (Å²) in [6, 6.07) is 23.8. The largest absolute Gasteiger partial charge is 0.318 e. The summed E-state index contributed by atoms with van der Waals surface area (Å²) in [4.78, 5) is 13.1. The Morgan fingerprint density at radius 2 is 1.61 bits per heavy atom. The van der Waals surface area contributed by atoms with Crippen molar-refractivity contribution in [1.82, 2.24) is 9.99 Å². The second-order valence-corrected chi connectivity index (χ2v) is 11.3. The molecular weight excluding hydrogens is 496 g/mol. The number of nitrogens with one attached hydrogen (secondary N) is 1. The summed E-state index contributed by atoms with van der Waals surface area (Å²) in [5.41, 5.74) is 9.69. The van der Waals surface area contributed by atoms with Gasteiger partial charge >= 0.3 is 0 Å². The van der Waals surface area contributed by atoms with Gasteiger partial charge in [0.1, 0.15) is 6.54 Å². The van der Waals surface area contributed by atoms with Crippen molar-refractivity contribution in [2.75, 3.05) is 10.8 Å². The predicted molar refractivity (Wildman–Crippen MR) is 153 cm³/mol. The first kappa shape index (κ1) is 26.9. The molecule has 1 amide bonds. The molecule has 0 saturated heterocycles. The average Bonchev–Trinajstić information content (AvgIpc) is 3.17. The minimum Gasteiger partial charge on any atom is -0.318 e. The Labute approximate surface area is 224 Å². The molecule has 1 aromatic heterocycles. The molecule has 3 aromatic carbocycles. The van der Waals surface area contributed by atoms with E-state index in [9.17, 15) is 13.2 Å². The summed E-state index contributed by atoms with van der Waals surface area (Å²) in [5.74, 6) is -0.547. The van der Waals surface area contributed by atoms with Gasteiger partial charge in [0.25, 0.3) is 15.9 Å². The van der Waals surface area contributed by atoms with Gasteiger partial charge in [0, 0.05) is 22.6 Å². The lowest BCUT2D eigenvalue weighted by atomic mass is 10.1. The molecule has 0 bridgehead atoms. The van der Waals surface area contributed by atoms with Crippen molar-refractivity contribution in [3.63, 3.8) is 0 Å². The van der Waals surface area contributed by atoms with Crippen molar-refractivity contribution in [3.05, 3.63) is 113 Å². The molecule has 0 aliphatic carbocycles. The lowest BCUT2D eigenvalue weighted by Crippen LogP contribution is -2.40. The number of rotatable bonds is 8.